The highest BCUT2D eigenvalue weighted by atomic mass is 35.6. The van der Waals surface area contributed by atoms with Gasteiger partial charge in [-0.25, -0.2) is 0 Å². The van der Waals surface area contributed by atoms with Crippen molar-refractivity contribution in [3.8, 4) is 0 Å². The van der Waals surface area contributed by atoms with Gasteiger partial charge in [0, 0.05) is 0 Å². The Morgan fingerprint density at radius 1 is 0.750 bits per heavy atom. The number of ether oxygens (including phenoxy) is 1. The van der Waals surface area contributed by atoms with E-state index >= 15 is 0 Å². The van der Waals surface area contributed by atoms with Gasteiger partial charge in [0.2, 0.25) is 12.5 Å². The van der Waals surface area contributed by atoms with Crippen LogP contribution in [0, 0.1) is 0 Å². The molecule has 16 heavy (non-hydrogen) atoms. The Hall–Kier alpha value is 2.08. The third-order valence-corrected chi connectivity index (χ3v) is 6.49. The van der Waals surface area contributed by atoms with Crippen LogP contribution in [0.2, 0.25) is 0 Å². The first-order valence-electron chi connectivity index (χ1n) is 3.13. The smallest absolute Gasteiger partial charge is 0.297 e. The van der Waals surface area contributed by atoms with E-state index < -0.39 is 17.0 Å². The van der Waals surface area contributed by atoms with Crippen LogP contribution in [0.25, 0.3) is 0 Å². The average molecular weight is 412 g/mol. The lowest BCUT2D eigenvalue weighted by molar-refractivity contribution is -0.132. The number of hydrogen-bond donors (Lipinski definition) is 0. The molecule has 0 aromatic heterocycles. The third-order valence-electron chi connectivity index (χ3n) is 1.31. The maximum absolute atomic E-state index is 10.2. The zero-order valence-electron chi connectivity index (χ0n) is 6.80. The average Bonchev–Trinajstić information content (AvgIpc) is 2.01. The first-order valence-corrected chi connectivity index (χ1v) is 6.53. The van der Waals surface area contributed by atoms with E-state index in [1.807, 2.05) is 0 Å². The Morgan fingerprint density at radius 2 is 1.12 bits per heavy atom. The highest BCUT2D eigenvalue weighted by molar-refractivity contribution is 6.80. The van der Waals surface area contributed by atoms with Crippen LogP contribution >= 0.6 is 104 Å². The molecular weight excluding hydrogens is 411 g/mol. The third kappa shape index (κ3) is 3.34. The number of carbonyl (C=O) groups excluding carboxylic acids is 1. The summed E-state index contributed by atoms with van der Waals surface area (Å²) in [5.41, 5.74) is 0. The summed E-state index contributed by atoms with van der Waals surface area (Å²) in [6.07, 6.45) is 0. The molecule has 0 saturated heterocycles. The maximum Gasteiger partial charge on any atom is 0.297 e. The Morgan fingerprint density at radius 3 is 1.38 bits per heavy atom. The Bertz CT molecular complexity index is 268. The van der Waals surface area contributed by atoms with Crippen molar-refractivity contribution in [2.75, 3.05) is 0 Å². The summed E-state index contributed by atoms with van der Waals surface area (Å²) in [6.45, 7) is -0.123. The van der Waals surface area contributed by atoms with Crippen molar-refractivity contribution < 1.29 is 9.53 Å². The van der Waals surface area contributed by atoms with Gasteiger partial charge in [-0.3, -0.25) is 4.79 Å². The second kappa shape index (κ2) is 5.60. The molecule has 96 valence electrons. The molecule has 0 amide bonds. The summed E-state index contributed by atoms with van der Waals surface area (Å²) in [5, 5.41) is 0. The van der Waals surface area contributed by atoms with Crippen LogP contribution in [0.5, 0.6) is 0 Å². The first kappa shape index (κ1) is 18.1. The zero-order valence-corrected chi connectivity index (χ0v) is 13.6. The topological polar surface area (TPSA) is 26.3 Å². The first-order chi connectivity index (χ1) is 6.81. The van der Waals surface area contributed by atoms with Gasteiger partial charge in [-0.2, -0.15) is 0 Å². The second-order valence-corrected chi connectivity index (χ2v) is 8.57. The van der Waals surface area contributed by atoms with Gasteiger partial charge >= 0.3 is 0 Å². The Kier molecular flexibility index (Phi) is 6.33. The molecule has 0 rings (SSSR count). The number of alkyl halides is 9. The summed E-state index contributed by atoms with van der Waals surface area (Å²) in [7, 11) is 0. The molecule has 0 bridgehead atoms. The molecule has 0 aliphatic carbocycles. The molecule has 0 radical (unpaired) electrons. The summed E-state index contributed by atoms with van der Waals surface area (Å²) in [4.78, 5) is 10.2. The van der Waals surface area contributed by atoms with Gasteiger partial charge in [0.05, 0.1) is 0 Å². The normalized spacial score (nSPS) is 14.8. The van der Waals surface area contributed by atoms with Crippen molar-refractivity contribution >= 4 is 111 Å². The lowest BCUT2D eigenvalue weighted by atomic mass is 10.3. The van der Waals surface area contributed by atoms with Crippen LogP contribution in [0.1, 0.15) is 0 Å². The summed E-state index contributed by atoms with van der Waals surface area (Å²) in [5.74, 6) is 0. The molecule has 0 aromatic rings. The SMILES string of the molecule is O=COC(Cl)(Cl)C(Cl)(Cl)C(Cl)(Cl)C(Cl)(Cl)Cl. The summed E-state index contributed by atoms with van der Waals surface area (Å²) in [6, 6.07) is 0. The van der Waals surface area contributed by atoms with Crippen LogP contribution in [0.3, 0.4) is 0 Å². The second-order valence-electron chi connectivity index (χ2n) is 2.38. The molecular formula is C5HCl9O2. The molecule has 11 heteroatoms. The van der Waals surface area contributed by atoms with Crippen LogP contribution in [0.4, 0.5) is 0 Å². The molecule has 2 nitrogen and oxygen atoms in total. The van der Waals surface area contributed by atoms with E-state index in [0.29, 0.717) is 0 Å². The van der Waals surface area contributed by atoms with E-state index in [1.165, 1.54) is 0 Å². The lowest BCUT2D eigenvalue weighted by Gasteiger charge is -2.42. The van der Waals surface area contributed by atoms with Crippen molar-refractivity contribution in [1.29, 1.82) is 0 Å². The van der Waals surface area contributed by atoms with Crippen LogP contribution in [-0.2, 0) is 9.53 Å². The van der Waals surface area contributed by atoms with Gasteiger partial charge in [-0.1, -0.05) is 104 Å². The van der Waals surface area contributed by atoms with Crippen molar-refractivity contribution in [2.24, 2.45) is 0 Å². The van der Waals surface area contributed by atoms with E-state index in [4.69, 9.17) is 104 Å². The van der Waals surface area contributed by atoms with E-state index in [9.17, 15) is 4.79 Å². The standard InChI is InChI=1S/C5HCl9O2/c6-2(7,4(10,11)12)3(8,9)5(13,14)16-1-15/h1H. The minimum atomic E-state index is -2.52. The van der Waals surface area contributed by atoms with Crippen LogP contribution < -0.4 is 0 Å². The minimum absolute atomic E-state index is 0.123. The highest BCUT2D eigenvalue weighted by Gasteiger charge is 2.69. The lowest BCUT2D eigenvalue weighted by Crippen LogP contribution is -2.57. The monoisotopic (exact) mass is 408 g/mol. The quantitative estimate of drug-likeness (QED) is 0.480. The van der Waals surface area contributed by atoms with Gasteiger partial charge in [-0.15, -0.1) is 0 Å². The number of hydrogen-bond acceptors (Lipinski definition) is 2. The van der Waals surface area contributed by atoms with Gasteiger partial charge in [0.15, 0.2) is 0 Å². The fourth-order valence-electron chi connectivity index (χ4n) is 0.495. The van der Waals surface area contributed by atoms with E-state index in [2.05, 4.69) is 4.74 Å². The highest BCUT2D eigenvalue weighted by Crippen LogP contribution is 2.62. The predicted molar refractivity (Wildman–Crippen MR) is 70.8 cm³/mol. The van der Waals surface area contributed by atoms with Gasteiger partial charge in [-0.05, 0) is 0 Å². The Labute approximate surface area is 136 Å². The fraction of sp³-hybridized carbons (Fsp3) is 0.800. The molecule has 0 unspecified atom stereocenters. The van der Waals surface area contributed by atoms with Crippen molar-refractivity contribution in [1.82, 2.24) is 0 Å². The molecule has 0 spiro atoms. The molecule has 0 aliphatic rings. The zero-order chi connectivity index (χ0) is 13.4. The van der Waals surface area contributed by atoms with Gasteiger partial charge in [0.1, 0.15) is 0 Å². The fourth-order valence-corrected chi connectivity index (χ4v) is 2.40. The molecule has 0 atom stereocenters. The van der Waals surface area contributed by atoms with Crippen molar-refractivity contribution in [2.45, 2.75) is 17.0 Å². The Balaban J connectivity index is 5.42. The van der Waals surface area contributed by atoms with Crippen molar-refractivity contribution in [3.63, 3.8) is 0 Å². The largest absolute Gasteiger partial charge is 0.427 e. The molecule has 0 N–H and O–H groups in total. The van der Waals surface area contributed by atoms with Crippen molar-refractivity contribution in [3.05, 3.63) is 0 Å². The molecule has 0 fully saturated rings. The van der Waals surface area contributed by atoms with E-state index in [-0.39, 0.29) is 6.47 Å². The number of halogens is 9. The molecule has 0 aliphatic heterocycles. The molecule has 0 heterocycles. The maximum atomic E-state index is 10.2. The van der Waals surface area contributed by atoms with Crippen LogP contribution in [-0.4, -0.2) is 23.5 Å². The van der Waals surface area contributed by atoms with E-state index in [0.717, 1.165) is 0 Å². The minimum Gasteiger partial charge on any atom is -0.427 e. The van der Waals surface area contributed by atoms with Gasteiger partial charge < -0.3 is 4.74 Å². The summed E-state index contributed by atoms with van der Waals surface area (Å²) < 4.78 is -5.63. The van der Waals surface area contributed by atoms with Crippen LogP contribution in [0.15, 0.2) is 0 Å². The van der Waals surface area contributed by atoms with E-state index in [1.54, 1.807) is 0 Å². The van der Waals surface area contributed by atoms with Gasteiger partial charge in [0.25, 0.3) is 11.0 Å². The molecule has 0 saturated carbocycles. The number of carbonyl (C=O) groups is 1. The predicted octanol–water partition coefficient (Wildman–Crippen LogP) is 5.01. The summed E-state index contributed by atoms with van der Waals surface area (Å²) >= 11 is 50.1. The molecule has 0 aromatic carbocycles. The number of rotatable bonds is 4.